The van der Waals surface area contributed by atoms with Crippen LogP contribution in [0.2, 0.25) is 0 Å². The Morgan fingerprint density at radius 1 is 1.12 bits per heavy atom. The first-order valence-electron chi connectivity index (χ1n) is 10.4. The Labute approximate surface area is 193 Å². The van der Waals surface area contributed by atoms with Gasteiger partial charge >= 0.3 is 5.97 Å². The maximum absolute atomic E-state index is 13.3. The van der Waals surface area contributed by atoms with Crippen molar-refractivity contribution in [3.63, 3.8) is 0 Å². The Kier molecular flexibility index (Phi) is 5.21. The van der Waals surface area contributed by atoms with E-state index < -0.39 is 5.97 Å². The lowest BCUT2D eigenvalue weighted by Crippen LogP contribution is -2.11. The lowest BCUT2D eigenvalue weighted by molar-refractivity contribution is 0.0737. The topological polar surface area (TPSA) is 101 Å². The molecule has 0 aliphatic rings. The number of nitrogens with zero attached hydrogens (tertiary/aromatic N) is 7. The number of esters is 1. The van der Waals surface area contributed by atoms with E-state index in [1.807, 2.05) is 18.5 Å². The number of fused-ring (bicyclic) bond motifs is 1. The lowest BCUT2D eigenvalue weighted by atomic mass is 10.1. The molecule has 0 amide bonds. The molecule has 0 unspecified atom stereocenters. The lowest BCUT2D eigenvalue weighted by Gasteiger charge is -2.11. The quantitative estimate of drug-likeness (QED) is 0.281. The number of benzene rings is 1. The van der Waals surface area contributed by atoms with Crippen LogP contribution in [0.5, 0.6) is 5.75 Å². The van der Waals surface area contributed by atoms with E-state index in [-0.39, 0.29) is 6.04 Å². The standard InChI is InChI=1S/C23H21N7O2S/c1-13(2)30-22-20(11-25-30)19(10-21(26-22)18-9-14(3)33-15(18)4)23(31)32-17-7-5-16(6-8-17)29-12-24-27-28-29/h5-13H,1-4H3. The highest BCUT2D eigenvalue weighted by molar-refractivity contribution is 7.12. The Morgan fingerprint density at radius 3 is 2.55 bits per heavy atom. The van der Waals surface area contributed by atoms with Crippen molar-refractivity contribution in [1.29, 1.82) is 0 Å². The summed E-state index contributed by atoms with van der Waals surface area (Å²) in [5.74, 6) is -0.0473. The van der Waals surface area contributed by atoms with Crippen LogP contribution < -0.4 is 4.74 Å². The number of aromatic nitrogens is 7. The van der Waals surface area contributed by atoms with E-state index in [0.29, 0.717) is 22.3 Å². The Balaban J connectivity index is 1.55. The number of hydrogen-bond acceptors (Lipinski definition) is 8. The molecule has 5 aromatic rings. The molecule has 0 N–H and O–H groups in total. The first kappa shape index (κ1) is 21.0. The molecule has 0 saturated carbocycles. The molecule has 0 bridgehead atoms. The zero-order valence-corrected chi connectivity index (χ0v) is 19.4. The maximum Gasteiger partial charge on any atom is 0.344 e. The molecule has 5 rings (SSSR count). The van der Waals surface area contributed by atoms with Crippen molar-refractivity contribution < 1.29 is 9.53 Å². The fourth-order valence-corrected chi connectivity index (χ4v) is 4.63. The Bertz CT molecular complexity index is 1450. The number of thiophene rings is 1. The minimum Gasteiger partial charge on any atom is -0.423 e. The minimum absolute atomic E-state index is 0.0956. The summed E-state index contributed by atoms with van der Waals surface area (Å²) in [6.07, 6.45) is 3.17. The Hall–Kier alpha value is -3.92. The van der Waals surface area contributed by atoms with E-state index in [2.05, 4.69) is 40.5 Å². The van der Waals surface area contributed by atoms with Crippen LogP contribution in [0.1, 0.15) is 40.0 Å². The molecule has 0 spiro atoms. The highest BCUT2D eigenvalue weighted by atomic mass is 32.1. The van der Waals surface area contributed by atoms with E-state index in [1.165, 1.54) is 15.9 Å². The zero-order valence-electron chi connectivity index (χ0n) is 18.6. The molecule has 33 heavy (non-hydrogen) atoms. The van der Waals surface area contributed by atoms with Crippen LogP contribution >= 0.6 is 11.3 Å². The summed E-state index contributed by atoms with van der Waals surface area (Å²) in [5.41, 5.74) is 3.58. The van der Waals surface area contributed by atoms with E-state index in [9.17, 15) is 4.79 Å². The number of rotatable bonds is 5. The smallest absolute Gasteiger partial charge is 0.344 e. The molecule has 0 fully saturated rings. The second kappa shape index (κ2) is 8.21. The molecule has 0 aliphatic carbocycles. The molecule has 4 heterocycles. The van der Waals surface area contributed by atoms with Gasteiger partial charge in [-0.1, -0.05) is 0 Å². The van der Waals surface area contributed by atoms with Crippen molar-refractivity contribution in [2.75, 3.05) is 0 Å². The molecule has 4 aromatic heterocycles. The van der Waals surface area contributed by atoms with Crippen LogP contribution in [0.4, 0.5) is 0 Å². The SMILES string of the molecule is Cc1cc(-c2cc(C(=O)Oc3ccc(-n4cnnn4)cc3)c3cnn(C(C)C)c3n2)c(C)s1. The fourth-order valence-electron chi connectivity index (χ4n) is 3.70. The van der Waals surface area contributed by atoms with Crippen LogP contribution in [0.25, 0.3) is 28.0 Å². The van der Waals surface area contributed by atoms with E-state index in [4.69, 9.17) is 9.72 Å². The third kappa shape index (κ3) is 3.89. The van der Waals surface area contributed by atoms with E-state index >= 15 is 0 Å². The van der Waals surface area contributed by atoms with Crippen molar-refractivity contribution in [3.05, 3.63) is 64.2 Å². The van der Waals surface area contributed by atoms with Gasteiger partial charge in [0.05, 0.1) is 28.5 Å². The third-order valence-electron chi connectivity index (χ3n) is 5.25. The van der Waals surface area contributed by atoms with Gasteiger partial charge in [0.2, 0.25) is 0 Å². The molecule has 0 radical (unpaired) electrons. The van der Waals surface area contributed by atoms with Crippen LogP contribution in [0.3, 0.4) is 0 Å². The molecule has 166 valence electrons. The average Bonchev–Trinajstić information content (AvgIpc) is 3.53. The van der Waals surface area contributed by atoms with E-state index in [0.717, 1.165) is 21.8 Å². The van der Waals surface area contributed by atoms with Gasteiger partial charge in [-0.3, -0.25) is 0 Å². The molecule has 1 aromatic carbocycles. The summed E-state index contributed by atoms with van der Waals surface area (Å²) in [7, 11) is 0. The number of tetrazole rings is 1. The number of hydrogen-bond donors (Lipinski definition) is 0. The Morgan fingerprint density at radius 2 is 1.91 bits per heavy atom. The summed E-state index contributed by atoms with van der Waals surface area (Å²) in [5, 5.41) is 16.2. The van der Waals surface area contributed by atoms with E-state index in [1.54, 1.807) is 47.9 Å². The summed E-state index contributed by atoms with van der Waals surface area (Å²) in [4.78, 5) is 20.5. The second-order valence-corrected chi connectivity index (χ2v) is 9.40. The largest absolute Gasteiger partial charge is 0.423 e. The van der Waals surface area contributed by atoms with Crippen molar-refractivity contribution in [2.45, 2.75) is 33.7 Å². The molecular weight excluding hydrogens is 438 g/mol. The predicted molar refractivity (Wildman–Crippen MR) is 125 cm³/mol. The van der Waals surface area contributed by atoms with Crippen molar-refractivity contribution >= 4 is 28.3 Å². The number of carbonyl (C=O) groups excluding carboxylic acids is 1. The molecule has 0 aliphatic heterocycles. The van der Waals surface area contributed by atoms with Gasteiger partial charge in [-0.05, 0) is 74.5 Å². The highest BCUT2D eigenvalue weighted by Crippen LogP contribution is 2.33. The van der Waals surface area contributed by atoms with Crippen LogP contribution in [0, 0.1) is 13.8 Å². The van der Waals surface area contributed by atoms with Gasteiger partial charge in [0.25, 0.3) is 0 Å². The van der Waals surface area contributed by atoms with Crippen LogP contribution in [-0.4, -0.2) is 40.9 Å². The molecular formula is C23H21N7O2S. The summed E-state index contributed by atoms with van der Waals surface area (Å²) < 4.78 is 9.06. The van der Waals surface area contributed by atoms with Crippen molar-refractivity contribution in [1.82, 2.24) is 35.0 Å². The zero-order chi connectivity index (χ0) is 23.1. The van der Waals surface area contributed by atoms with Gasteiger partial charge in [-0.2, -0.15) is 5.10 Å². The third-order valence-corrected chi connectivity index (χ3v) is 6.22. The van der Waals surface area contributed by atoms with Gasteiger partial charge in [0, 0.05) is 21.4 Å². The van der Waals surface area contributed by atoms with Gasteiger partial charge in [-0.15, -0.1) is 16.4 Å². The molecule has 0 atom stereocenters. The summed E-state index contributed by atoms with van der Waals surface area (Å²) in [6, 6.07) is 11.0. The molecule has 0 saturated heterocycles. The molecule has 9 nitrogen and oxygen atoms in total. The summed E-state index contributed by atoms with van der Waals surface area (Å²) in [6.45, 7) is 8.19. The van der Waals surface area contributed by atoms with Gasteiger partial charge in [0.15, 0.2) is 5.65 Å². The van der Waals surface area contributed by atoms with Gasteiger partial charge in [0.1, 0.15) is 12.1 Å². The number of ether oxygens (including phenoxy) is 1. The van der Waals surface area contributed by atoms with Crippen LogP contribution in [-0.2, 0) is 0 Å². The summed E-state index contributed by atoms with van der Waals surface area (Å²) >= 11 is 1.70. The second-order valence-electron chi connectivity index (χ2n) is 7.94. The highest BCUT2D eigenvalue weighted by Gasteiger charge is 2.21. The van der Waals surface area contributed by atoms with Crippen molar-refractivity contribution in [2.24, 2.45) is 0 Å². The normalized spacial score (nSPS) is 11.4. The molecule has 10 heteroatoms. The minimum atomic E-state index is -0.466. The maximum atomic E-state index is 13.3. The van der Waals surface area contributed by atoms with Gasteiger partial charge in [-0.25, -0.2) is 19.1 Å². The number of aryl methyl sites for hydroxylation is 2. The van der Waals surface area contributed by atoms with Crippen molar-refractivity contribution in [3.8, 4) is 22.7 Å². The fraction of sp³-hybridized carbons (Fsp3) is 0.217. The predicted octanol–water partition coefficient (Wildman–Crippen LogP) is 4.55. The number of carbonyl (C=O) groups is 1. The first-order valence-corrected chi connectivity index (χ1v) is 11.2. The monoisotopic (exact) mass is 459 g/mol. The first-order chi connectivity index (χ1) is 15.9. The van der Waals surface area contributed by atoms with Gasteiger partial charge < -0.3 is 4.74 Å². The van der Waals surface area contributed by atoms with Crippen LogP contribution in [0.15, 0.2) is 48.9 Å². The number of pyridine rings is 1. The average molecular weight is 460 g/mol.